The predicted molar refractivity (Wildman–Crippen MR) is 89.3 cm³/mol. The number of carboxylic acid groups (broad SMARTS) is 1. The number of rotatable bonds is 2. The van der Waals surface area contributed by atoms with Crippen LogP contribution in [0.2, 0.25) is 0 Å². The van der Waals surface area contributed by atoms with Gasteiger partial charge in [-0.25, -0.2) is 4.79 Å². The molecule has 0 aliphatic heterocycles. The van der Waals surface area contributed by atoms with Crippen LogP contribution in [0, 0.1) is 3.57 Å². The van der Waals surface area contributed by atoms with Gasteiger partial charge in [-0.3, -0.25) is 4.79 Å². The normalized spacial score (nSPS) is 10.8. The molecular weight excluding hydrogens is 399 g/mol. The minimum atomic E-state index is -1.15. The number of aromatic hydroxyl groups is 1. The molecule has 0 saturated heterocycles. The number of halogens is 1. The average molecular weight is 408 g/mol. The van der Waals surface area contributed by atoms with Crippen LogP contribution in [0.25, 0.3) is 22.3 Å². The van der Waals surface area contributed by atoms with Crippen molar-refractivity contribution >= 4 is 39.5 Å². The van der Waals surface area contributed by atoms with Crippen LogP contribution >= 0.6 is 22.6 Å². The lowest BCUT2D eigenvalue weighted by atomic mass is 10.1. The maximum Gasteiger partial charge on any atom is 0.335 e. The van der Waals surface area contributed by atoms with Gasteiger partial charge in [-0.05, 0) is 52.9 Å². The Kier molecular flexibility index (Phi) is 3.61. The quantitative estimate of drug-likeness (QED) is 0.635. The van der Waals surface area contributed by atoms with Crippen LogP contribution in [0.15, 0.2) is 51.7 Å². The van der Waals surface area contributed by atoms with E-state index in [1.54, 1.807) is 12.1 Å². The molecule has 2 N–H and O–H groups in total. The highest BCUT2D eigenvalue weighted by Gasteiger charge is 2.16. The fourth-order valence-corrected chi connectivity index (χ4v) is 2.47. The maximum atomic E-state index is 12.3. The molecule has 0 aliphatic carbocycles. The van der Waals surface area contributed by atoms with Gasteiger partial charge < -0.3 is 14.6 Å². The number of aromatic carboxylic acids is 1. The Morgan fingerprint density at radius 3 is 2.41 bits per heavy atom. The molecule has 0 atom stereocenters. The van der Waals surface area contributed by atoms with E-state index in [1.165, 1.54) is 18.2 Å². The SMILES string of the molecule is O=C(O)c1ccc2oc(-c3ccc(I)cc3)c(O)c(=O)c2c1. The van der Waals surface area contributed by atoms with Crippen LogP contribution in [-0.4, -0.2) is 16.2 Å². The molecule has 1 aromatic heterocycles. The Balaban J connectivity index is 2.28. The summed E-state index contributed by atoms with van der Waals surface area (Å²) < 4.78 is 6.60. The zero-order valence-corrected chi connectivity index (χ0v) is 13.2. The molecule has 0 amide bonds. The number of benzene rings is 2. The summed E-state index contributed by atoms with van der Waals surface area (Å²) in [6, 6.07) is 11.1. The van der Waals surface area contributed by atoms with E-state index in [0.717, 1.165) is 3.57 Å². The lowest BCUT2D eigenvalue weighted by Crippen LogP contribution is -2.05. The highest BCUT2D eigenvalue weighted by atomic mass is 127. The largest absolute Gasteiger partial charge is 0.502 e. The Morgan fingerprint density at radius 1 is 1.09 bits per heavy atom. The molecule has 1 heterocycles. The topological polar surface area (TPSA) is 87.7 Å². The lowest BCUT2D eigenvalue weighted by molar-refractivity contribution is 0.0697. The molecule has 110 valence electrons. The number of carboxylic acids is 1. The van der Waals surface area contributed by atoms with Crippen LogP contribution in [0.1, 0.15) is 10.4 Å². The maximum absolute atomic E-state index is 12.3. The van der Waals surface area contributed by atoms with E-state index in [-0.39, 0.29) is 22.3 Å². The molecule has 6 heteroatoms. The monoisotopic (exact) mass is 408 g/mol. The van der Waals surface area contributed by atoms with E-state index < -0.39 is 17.1 Å². The van der Waals surface area contributed by atoms with E-state index in [9.17, 15) is 14.7 Å². The van der Waals surface area contributed by atoms with Crippen LogP contribution < -0.4 is 5.43 Å². The van der Waals surface area contributed by atoms with Crippen molar-refractivity contribution in [2.45, 2.75) is 0 Å². The van der Waals surface area contributed by atoms with Gasteiger partial charge >= 0.3 is 5.97 Å². The molecule has 3 aromatic rings. The molecule has 0 aliphatic rings. The van der Waals surface area contributed by atoms with E-state index in [1.807, 2.05) is 12.1 Å². The predicted octanol–water partition coefficient (Wildman–Crippen LogP) is 3.47. The summed E-state index contributed by atoms with van der Waals surface area (Å²) in [5.41, 5.74) is 0.0969. The molecule has 0 fully saturated rings. The van der Waals surface area contributed by atoms with E-state index >= 15 is 0 Å². The second-order valence-electron chi connectivity index (χ2n) is 4.63. The zero-order valence-electron chi connectivity index (χ0n) is 11.0. The summed E-state index contributed by atoms with van der Waals surface area (Å²) in [5.74, 6) is -1.62. The van der Waals surface area contributed by atoms with E-state index in [4.69, 9.17) is 9.52 Å². The fraction of sp³-hybridized carbons (Fsp3) is 0. The van der Waals surface area contributed by atoms with Crippen LogP contribution in [0.4, 0.5) is 0 Å². The first kappa shape index (κ1) is 14.6. The first-order valence-corrected chi connectivity index (χ1v) is 7.34. The van der Waals surface area contributed by atoms with Gasteiger partial charge in [0.15, 0.2) is 5.76 Å². The van der Waals surface area contributed by atoms with Gasteiger partial charge in [-0.2, -0.15) is 0 Å². The van der Waals surface area contributed by atoms with Crippen molar-refractivity contribution in [1.29, 1.82) is 0 Å². The second-order valence-corrected chi connectivity index (χ2v) is 5.88. The van der Waals surface area contributed by atoms with Crippen LogP contribution in [0.5, 0.6) is 5.75 Å². The Labute approximate surface area is 138 Å². The van der Waals surface area contributed by atoms with E-state index in [2.05, 4.69) is 22.6 Å². The van der Waals surface area contributed by atoms with Crippen molar-refractivity contribution in [3.8, 4) is 17.1 Å². The highest BCUT2D eigenvalue weighted by molar-refractivity contribution is 14.1. The third kappa shape index (κ3) is 2.45. The molecule has 22 heavy (non-hydrogen) atoms. The first-order valence-electron chi connectivity index (χ1n) is 6.26. The van der Waals surface area contributed by atoms with Crippen molar-refractivity contribution in [3.63, 3.8) is 0 Å². The highest BCUT2D eigenvalue weighted by Crippen LogP contribution is 2.30. The summed E-state index contributed by atoms with van der Waals surface area (Å²) in [5, 5.41) is 19.1. The van der Waals surface area contributed by atoms with Gasteiger partial charge in [0.05, 0.1) is 10.9 Å². The van der Waals surface area contributed by atoms with Crippen molar-refractivity contribution in [2.24, 2.45) is 0 Å². The van der Waals surface area contributed by atoms with Gasteiger partial charge in [0.25, 0.3) is 0 Å². The number of carbonyl (C=O) groups is 1. The molecular formula is C16H9IO5. The smallest absolute Gasteiger partial charge is 0.335 e. The average Bonchev–Trinajstić information content (AvgIpc) is 2.51. The summed E-state index contributed by atoms with van der Waals surface area (Å²) in [7, 11) is 0. The van der Waals surface area contributed by atoms with Crippen molar-refractivity contribution in [1.82, 2.24) is 0 Å². The summed E-state index contributed by atoms with van der Waals surface area (Å²) in [6.45, 7) is 0. The third-order valence-corrected chi connectivity index (χ3v) is 3.94. The van der Waals surface area contributed by atoms with E-state index in [0.29, 0.717) is 5.56 Å². The van der Waals surface area contributed by atoms with Gasteiger partial charge in [0.1, 0.15) is 5.58 Å². The molecule has 0 radical (unpaired) electrons. The van der Waals surface area contributed by atoms with Crippen molar-refractivity contribution in [2.75, 3.05) is 0 Å². The summed E-state index contributed by atoms with van der Waals surface area (Å²) in [4.78, 5) is 23.2. The molecule has 0 bridgehead atoms. The third-order valence-electron chi connectivity index (χ3n) is 3.22. The molecule has 0 saturated carbocycles. The van der Waals surface area contributed by atoms with Crippen LogP contribution in [-0.2, 0) is 0 Å². The number of fused-ring (bicyclic) bond motifs is 1. The minimum Gasteiger partial charge on any atom is -0.502 e. The van der Waals surface area contributed by atoms with Crippen LogP contribution in [0.3, 0.4) is 0 Å². The number of hydrogen-bond acceptors (Lipinski definition) is 4. The fourth-order valence-electron chi connectivity index (χ4n) is 2.12. The molecule has 0 unspecified atom stereocenters. The first-order chi connectivity index (χ1) is 10.5. The Morgan fingerprint density at radius 2 is 1.77 bits per heavy atom. The number of hydrogen-bond donors (Lipinski definition) is 2. The minimum absolute atomic E-state index is 0.0339. The lowest BCUT2D eigenvalue weighted by Gasteiger charge is -2.06. The zero-order chi connectivity index (χ0) is 15.9. The van der Waals surface area contributed by atoms with Crippen molar-refractivity contribution in [3.05, 3.63) is 61.8 Å². The summed E-state index contributed by atoms with van der Waals surface area (Å²) in [6.07, 6.45) is 0. The van der Waals surface area contributed by atoms with Gasteiger partial charge in [-0.15, -0.1) is 0 Å². The van der Waals surface area contributed by atoms with Gasteiger partial charge in [-0.1, -0.05) is 12.1 Å². The van der Waals surface area contributed by atoms with Crippen molar-refractivity contribution < 1.29 is 19.4 Å². The van der Waals surface area contributed by atoms with Gasteiger partial charge in [0.2, 0.25) is 11.2 Å². The Bertz CT molecular complexity index is 941. The second kappa shape index (κ2) is 5.45. The van der Waals surface area contributed by atoms with Gasteiger partial charge in [0, 0.05) is 9.13 Å². The Hall–Kier alpha value is -2.35. The molecule has 5 nitrogen and oxygen atoms in total. The molecule has 3 rings (SSSR count). The molecule has 2 aromatic carbocycles. The molecule has 0 spiro atoms. The standard InChI is InChI=1S/C16H9IO5/c17-10-4-1-8(2-5-10)15-14(19)13(18)11-7-9(16(20)21)3-6-12(11)22-15/h1-7,19H,(H,20,21). The summed E-state index contributed by atoms with van der Waals surface area (Å²) >= 11 is 2.14.